The summed E-state index contributed by atoms with van der Waals surface area (Å²) in [6.45, 7) is 6.62. The Morgan fingerprint density at radius 2 is 2.16 bits per heavy atom. The van der Waals surface area contributed by atoms with Crippen LogP contribution in [0, 0.1) is 0 Å². The molecule has 0 unspecified atom stereocenters. The molecule has 1 aliphatic rings. The highest BCUT2D eigenvalue weighted by molar-refractivity contribution is 7.99. The van der Waals surface area contributed by atoms with Crippen LogP contribution in [-0.2, 0) is 4.79 Å². The monoisotopic (exact) mass is 279 g/mol. The van der Waals surface area contributed by atoms with Crippen LogP contribution in [0.1, 0.15) is 20.3 Å². The summed E-state index contributed by atoms with van der Waals surface area (Å²) in [6.07, 6.45) is 2.28. The average Bonchev–Trinajstić information content (AvgIpc) is 2.49. The SMILES string of the molecule is CCC(=O)N(CC)c1ncccc1N1CCSCC1. The number of anilines is 2. The standard InChI is InChI=1S/C14H21N3OS/c1-3-13(18)17(4-2)14-12(6-5-7-15-14)16-8-10-19-11-9-16/h5-7H,3-4,8-11H2,1-2H3. The minimum absolute atomic E-state index is 0.133. The van der Waals surface area contributed by atoms with Gasteiger partial charge in [-0.05, 0) is 19.1 Å². The number of hydrogen-bond donors (Lipinski definition) is 0. The lowest BCUT2D eigenvalue weighted by atomic mass is 10.3. The van der Waals surface area contributed by atoms with E-state index in [1.165, 1.54) is 0 Å². The Morgan fingerprint density at radius 3 is 2.79 bits per heavy atom. The molecule has 0 aliphatic carbocycles. The first kappa shape index (κ1) is 14.2. The molecule has 1 saturated heterocycles. The zero-order valence-corrected chi connectivity index (χ0v) is 12.4. The maximum Gasteiger partial charge on any atom is 0.227 e. The minimum Gasteiger partial charge on any atom is -0.367 e. The van der Waals surface area contributed by atoms with Crippen LogP contribution in [0.5, 0.6) is 0 Å². The van der Waals surface area contributed by atoms with E-state index in [1.54, 1.807) is 11.1 Å². The van der Waals surface area contributed by atoms with Crippen LogP contribution in [0.3, 0.4) is 0 Å². The third-order valence-corrected chi connectivity index (χ3v) is 4.24. The second kappa shape index (κ2) is 6.80. The van der Waals surface area contributed by atoms with Gasteiger partial charge in [0.25, 0.3) is 0 Å². The van der Waals surface area contributed by atoms with Gasteiger partial charge >= 0.3 is 0 Å². The van der Waals surface area contributed by atoms with E-state index < -0.39 is 0 Å². The molecule has 1 aliphatic heterocycles. The van der Waals surface area contributed by atoms with Crippen LogP contribution in [0.2, 0.25) is 0 Å². The smallest absolute Gasteiger partial charge is 0.227 e. The zero-order chi connectivity index (χ0) is 13.7. The van der Waals surface area contributed by atoms with Crippen LogP contribution < -0.4 is 9.80 Å². The van der Waals surface area contributed by atoms with Crippen molar-refractivity contribution < 1.29 is 4.79 Å². The molecular weight excluding hydrogens is 258 g/mol. The molecule has 1 aromatic rings. The third-order valence-electron chi connectivity index (χ3n) is 3.29. The Balaban J connectivity index is 2.31. The molecule has 104 valence electrons. The Morgan fingerprint density at radius 1 is 1.42 bits per heavy atom. The minimum atomic E-state index is 0.133. The molecule has 0 spiro atoms. The van der Waals surface area contributed by atoms with Crippen LogP contribution in [0.25, 0.3) is 0 Å². The van der Waals surface area contributed by atoms with Crippen molar-refractivity contribution in [1.29, 1.82) is 0 Å². The number of carbonyl (C=O) groups is 1. The van der Waals surface area contributed by atoms with Gasteiger partial charge in [-0.3, -0.25) is 9.69 Å². The molecular formula is C14H21N3OS. The molecule has 0 saturated carbocycles. The van der Waals surface area contributed by atoms with E-state index in [9.17, 15) is 4.79 Å². The number of rotatable bonds is 4. The molecule has 0 N–H and O–H groups in total. The summed E-state index contributed by atoms with van der Waals surface area (Å²) in [5.74, 6) is 3.22. The van der Waals surface area contributed by atoms with E-state index >= 15 is 0 Å². The van der Waals surface area contributed by atoms with Gasteiger partial charge in [0.05, 0.1) is 5.69 Å². The van der Waals surface area contributed by atoms with Crippen molar-refractivity contribution in [3.8, 4) is 0 Å². The molecule has 1 fully saturated rings. The lowest BCUT2D eigenvalue weighted by molar-refractivity contribution is -0.118. The molecule has 0 radical (unpaired) electrons. The van der Waals surface area contributed by atoms with Crippen molar-refractivity contribution in [3.63, 3.8) is 0 Å². The summed E-state index contributed by atoms with van der Waals surface area (Å²) in [5.41, 5.74) is 1.09. The maximum atomic E-state index is 12.0. The predicted molar refractivity (Wildman–Crippen MR) is 82.1 cm³/mol. The third kappa shape index (κ3) is 3.21. The first-order valence-corrected chi connectivity index (χ1v) is 8.01. The summed E-state index contributed by atoms with van der Waals surface area (Å²) in [7, 11) is 0. The fourth-order valence-electron chi connectivity index (χ4n) is 2.28. The van der Waals surface area contributed by atoms with Crippen molar-refractivity contribution >= 4 is 29.2 Å². The van der Waals surface area contributed by atoms with Crippen molar-refractivity contribution in [1.82, 2.24) is 4.98 Å². The molecule has 1 amide bonds. The highest BCUT2D eigenvalue weighted by Gasteiger charge is 2.21. The van der Waals surface area contributed by atoms with E-state index in [4.69, 9.17) is 0 Å². The summed E-state index contributed by atoms with van der Waals surface area (Å²) < 4.78 is 0. The van der Waals surface area contributed by atoms with E-state index in [2.05, 4.69) is 16.0 Å². The molecule has 4 nitrogen and oxygen atoms in total. The molecule has 2 heterocycles. The summed E-state index contributed by atoms with van der Waals surface area (Å²) in [5, 5.41) is 0. The van der Waals surface area contributed by atoms with E-state index in [1.807, 2.05) is 31.7 Å². The maximum absolute atomic E-state index is 12.0. The number of pyridine rings is 1. The summed E-state index contributed by atoms with van der Waals surface area (Å²) >= 11 is 1.98. The van der Waals surface area contributed by atoms with Gasteiger partial charge in [0.1, 0.15) is 0 Å². The Kier molecular flexibility index (Phi) is 5.07. The topological polar surface area (TPSA) is 36.4 Å². The van der Waals surface area contributed by atoms with E-state index in [0.29, 0.717) is 13.0 Å². The number of amides is 1. The highest BCUT2D eigenvalue weighted by atomic mass is 32.2. The van der Waals surface area contributed by atoms with Crippen LogP contribution in [0.15, 0.2) is 18.3 Å². The van der Waals surface area contributed by atoms with Crippen molar-refractivity contribution in [2.45, 2.75) is 20.3 Å². The average molecular weight is 279 g/mol. The van der Waals surface area contributed by atoms with Crippen molar-refractivity contribution in [3.05, 3.63) is 18.3 Å². The normalized spacial score (nSPS) is 15.4. The second-order valence-electron chi connectivity index (χ2n) is 4.44. The number of aromatic nitrogens is 1. The fourth-order valence-corrected chi connectivity index (χ4v) is 3.19. The molecule has 19 heavy (non-hydrogen) atoms. The Hall–Kier alpha value is -1.23. The number of hydrogen-bond acceptors (Lipinski definition) is 4. The van der Waals surface area contributed by atoms with Gasteiger partial charge in [0.15, 0.2) is 5.82 Å². The van der Waals surface area contributed by atoms with Gasteiger partial charge in [-0.1, -0.05) is 6.92 Å². The van der Waals surface area contributed by atoms with Crippen molar-refractivity contribution in [2.24, 2.45) is 0 Å². The molecule has 0 atom stereocenters. The summed E-state index contributed by atoms with van der Waals surface area (Å²) in [4.78, 5) is 20.6. The quantitative estimate of drug-likeness (QED) is 0.848. The molecule has 5 heteroatoms. The van der Waals surface area contributed by atoms with Crippen molar-refractivity contribution in [2.75, 3.05) is 40.9 Å². The van der Waals surface area contributed by atoms with Crippen LogP contribution in [0.4, 0.5) is 11.5 Å². The zero-order valence-electron chi connectivity index (χ0n) is 11.6. The van der Waals surface area contributed by atoms with Gasteiger partial charge < -0.3 is 4.90 Å². The van der Waals surface area contributed by atoms with Gasteiger partial charge in [0.2, 0.25) is 5.91 Å². The van der Waals surface area contributed by atoms with Gasteiger partial charge in [-0.15, -0.1) is 0 Å². The van der Waals surface area contributed by atoms with E-state index in [0.717, 1.165) is 36.1 Å². The highest BCUT2D eigenvalue weighted by Crippen LogP contribution is 2.29. The first-order valence-electron chi connectivity index (χ1n) is 6.86. The Labute approximate surface area is 119 Å². The lowest BCUT2D eigenvalue weighted by Gasteiger charge is -2.32. The van der Waals surface area contributed by atoms with Crippen LogP contribution in [-0.4, -0.2) is 42.0 Å². The second-order valence-corrected chi connectivity index (χ2v) is 5.66. The van der Waals surface area contributed by atoms with Gasteiger partial charge in [0, 0.05) is 43.8 Å². The molecule has 0 aromatic carbocycles. The van der Waals surface area contributed by atoms with Gasteiger partial charge in [-0.2, -0.15) is 11.8 Å². The molecule has 0 bridgehead atoms. The number of carbonyl (C=O) groups excluding carboxylic acids is 1. The largest absolute Gasteiger partial charge is 0.367 e. The van der Waals surface area contributed by atoms with E-state index in [-0.39, 0.29) is 5.91 Å². The molecule has 1 aromatic heterocycles. The molecule has 2 rings (SSSR count). The summed E-state index contributed by atoms with van der Waals surface area (Å²) in [6, 6.07) is 4.02. The van der Waals surface area contributed by atoms with Crippen LogP contribution >= 0.6 is 11.8 Å². The Bertz CT molecular complexity index is 432. The van der Waals surface area contributed by atoms with Gasteiger partial charge in [-0.25, -0.2) is 4.98 Å². The fraction of sp³-hybridized carbons (Fsp3) is 0.571. The number of nitrogens with zero attached hydrogens (tertiary/aromatic N) is 3. The number of thioether (sulfide) groups is 1. The first-order chi connectivity index (χ1) is 9.27. The predicted octanol–water partition coefficient (Wildman–Crippen LogP) is 2.40. The lowest BCUT2D eigenvalue weighted by Crippen LogP contribution is -2.36.